The number of nitrogens with zero attached hydrogens (tertiary/aromatic N) is 3. The normalized spacial score (nSPS) is 11.8. The summed E-state index contributed by atoms with van der Waals surface area (Å²) in [6.07, 6.45) is 7.48. The molecule has 3 nitrogen and oxygen atoms in total. The summed E-state index contributed by atoms with van der Waals surface area (Å²) in [7, 11) is 4.10. The fourth-order valence-corrected chi connectivity index (χ4v) is 3.04. The smallest absolute Gasteiger partial charge is 0.117 e. The van der Waals surface area contributed by atoms with Gasteiger partial charge in [-0.25, -0.2) is 9.97 Å². The van der Waals surface area contributed by atoms with Gasteiger partial charge in [-0.1, -0.05) is 11.6 Å². The van der Waals surface area contributed by atoms with E-state index in [4.69, 9.17) is 11.6 Å². The first-order valence-electron chi connectivity index (χ1n) is 5.02. The lowest BCUT2D eigenvalue weighted by Gasteiger charge is -2.05. The number of hydrogen-bond donors (Lipinski definition) is 0. The van der Waals surface area contributed by atoms with Crippen LogP contribution in [-0.2, 0) is 6.54 Å². The summed E-state index contributed by atoms with van der Waals surface area (Å²) in [5, 5.41) is 1.90. The fraction of sp³-hybridized carbons (Fsp3) is 0.273. The largest absolute Gasteiger partial charge is 0.304 e. The topological polar surface area (TPSA) is 29.0 Å². The zero-order valence-electron chi connectivity index (χ0n) is 9.55. The van der Waals surface area contributed by atoms with E-state index in [1.54, 1.807) is 17.5 Å². The van der Waals surface area contributed by atoms with Crippen molar-refractivity contribution >= 4 is 46.4 Å². The van der Waals surface area contributed by atoms with Crippen LogP contribution in [0.25, 0.3) is 12.2 Å². The maximum Gasteiger partial charge on any atom is 0.117 e. The first kappa shape index (κ1) is 12.7. The summed E-state index contributed by atoms with van der Waals surface area (Å²) in [4.78, 5) is 11.9. The highest BCUT2D eigenvalue weighted by Crippen LogP contribution is 2.21. The van der Waals surface area contributed by atoms with Crippen LogP contribution in [0.1, 0.15) is 14.9 Å². The third kappa shape index (κ3) is 3.89. The monoisotopic (exact) mass is 285 g/mol. The van der Waals surface area contributed by atoms with Crippen molar-refractivity contribution in [2.45, 2.75) is 6.54 Å². The first-order valence-corrected chi connectivity index (χ1v) is 7.03. The van der Waals surface area contributed by atoms with Gasteiger partial charge in [0.05, 0.1) is 6.20 Å². The molecular weight excluding hydrogens is 274 g/mol. The minimum absolute atomic E-state index is 0.706. The molecule has 0 amide bonds. The van der Waals surface area contributed by atoms with Crippen molar-refractivity contribution in [2.75, 3.05) is 14.1 Å². The maximum absolute atomic E-state index is 5.81. The Morgan fingerprint density at radius 1 is 1.18 bits per heavy atom. The van der Waals surface area contributed by atoms with Crippen molar-refractivity contribution in [3.63, 3.8) is 0 Å². The van der Waals surface area contributed by atoms with Gasteiger partial charge >= 0.3 is 0 Å². The zero-order chi connectivity index (χ0) is 12.3. The Morgan fingerprint density at radius 2 is 1.82 bits per heavy atom. The summed E-state index contributed by atoms with van der Waals surface area (Å²) in [6.45, 7) is 0.925. The molecule has 2 heterocycles. The van der Waals surface area contributed by atoms with Crippen molar-refractivity contribution in [1.29, 1.82) is 0 Å². The predicted octanol–water partition coefficient (Wildman–Crippen LogP) is 3.49. The van der Waals surface area contributed by atoms with Crippen molar-refractivity contribution < 1.29 is 0 Å². The molecule has 2 rings (SSSR count). The summed E-state index contributed by atoms with van der Waals surface area (Å²) in [6, 6.07) is 0. The Bertz CT molecular complexity index is 516. The molecule has 0 saturated carbocycles. The predicted molar refractivity (Wildman–Crippen MR) is 75.6 cm³/mol. The van der Waals surface area contributed by atoms with Gasteiger partial charge in [0.15, 0.2) is 0 Å². The summed E-state index contributed by atoms with van der Waals surface area (Å²) >= 11 is 8.96. The minimum Gasteiger partial charge on any atom is -0.304 e. The molecule has 0 radical (unpaired) electrons. The Kier molecular flexibility index (Phi) is 4.28. The number of halogens is 1. The summed E-state index contributed by atoms with van der Waals surface area (Å²) in [5.41, 5.74) is 0. The van der Waals surface area contributed by atoms with Gasteiger partial charge < -0.3 is 4.90 Å². The van der Waals surface area contributed by atoms with Gasteiger partial charge in [0, 0.05) is 17.6 Å². The van der Waals surface area contributed by atoms with E-state index in [-0.39, 0.29) is 0 Å². The molecule has 2 aromatic heterocycles. The van der Waals surface area contributed by atoms with Gasteiger partial charge in [-0.05, 0) is 26.2 Å². The van der Waals surface area contributed by atoms with Gasteiger partial charge in [0.2, 0.25) is 0 Å². The minimum atomic E-state index is 0.706. The van der Waals surface area contributed by atoms with Crippen LogP contribution in [0.15, 0.2) is 12.4 Å². The molecule has 0 saturated heterocycles. The van der Waals surface area contributed by atoms with Crippen LogP contribution in [0, 0.1) is 0 Å². The van der Waals surface area contributed by atoms with E-state index >= 15 is 0 Å². The summed E-state index contributed by atoms with van der Waals surface area (Å²) < 4.78 is 0.706. The molecule has 17 heavy (non-hydrogen) atoms. The molecule has 90 valence electrons. The molecule has 0 N–H and O–H groups in total. The van der Waals surface area contributed by atoms with Crippen molar-refractivity contribution in [3.05, 3.63) is 31.6 Å². The molecule has 0 aromatic carbocycles. The number of hydrogen-bond acceptors (Lipinski definition) is 5. The van der Waals surface area contributed by atoms with Crippen LogP contribution in [0.5, 0.6) is 0 Å². The first-order chi connectivity index (χ1) is 8.13. The number of thiazole rings is 2. The van der Waals surface area contributed by atoms with Gasteiger partial charge in [0.25, 0.3) is 0 Å². The van der Waals surface area contributed by atoms with Crippen LogP contribution < -0.4 is 0 Å². The molecule has 0 unspecified atom stereocenters. The van der Waals surface area contributed by atoms with E-state index in [1.807, 2.05) is 32.4 Å². The van der Waals surface area contributed by atoms with Crippen LogP contribution in [0.3, 0.4) is 0 Å². The highest BCUT2D eigenvalue weighted by atomic mass is 35.5. The number of aromatic nitrogens is 2. The molecule has 0 bridgehead atoms. The van der Waals surface area contributed by atoms with Gasteiger partial charge in [-0.15, -0.1) is 22.7 Å². The third-order valence-electron chi connectivity index (χ3n) is 1.91. The molecule has 0 spiro atoms. The van der Waals surface area contributed by atoms with E-state index in [9.17, 15) is 0 Å². The lowest BCUT2D eigenvalue weighted by atomic mass is 10.5. The Labute approximate surface area is 113 Å². The van der Waals surface area contributed by atoms with Crippen molar-refractivity contribution in [2.24, 2.45) is 0 Å². The fourth-order valence-electron chi connectivity index (χ4n) is 1.27. The third-order valence-corrected chi connectivity index (χ3v) is 3.93. The molecule has 0 atom stereocenters. The van der Waals surface area contributed by atoms with Crippen LogP contribution in [-0.4, -0.2) is 29.0 Å². The Morgan fingerprint density at radius 3 is 2.41 bits per heavy atom. The van der Waals surface area contributed by atoms with E-state index < -0.39 is 0 Å². The van der Waals surface area contributed by atoms with Gasteiger partial charge in [-0.3, -0.25) is 0 Å². The van der Waals surface area contributed by atoms with Gasteiger partial charge in [0.1, 0.15) is 14.4 Å². The lowest BCUT2D eigenvalue weighted by molar-refractivity contribution is 0.406. The molecule has 0 aliphatic rings. The SMILES string of the molecule is CN(C)Cc1cnc(/C=C/c2ncc(Cl)s2)s1. The Balaban J connectivity index is 2.03. The standard InChI is InChI=1S/C11H12ClN3S2/c1-15(2)7-8-5-13-10(16-8)3-4-11-14-6-9(12)17-11/h3-6H,7H2,1-2H3/b4-3+. The van der Waals surface area contributed by atoms with E-state index in [0.717, 1.165) is 16.6 Å². The average Bonchev–Trinajstić information content (AvgIpc) is 2.84. The van der Waals surface area contributed by atoms with Crippen LogP contribution in [0.4, 0.5) is 0 Å². The molecule has 0 aliphatic carbocycles. The zero-order valence-corrected chi connectivity index (χ0v) is 11.9. The summed E-state index contributed by atoms with van der Waals surface area (Å²) in [5.74, 6) is 0. The van der Waals surface area contributed by atoms with Crippen LogP contribution >= 0.6 is 34.3 Å². The Hall–Kier alpha value is -0.750. The second kappa shape index (κ2) is 5.73. The molecule has 2 aromatic rings. The highest BCUT2D eigenvalue weighted by Gasteiger charge is 2.01. The van der Waals surface area contributed by atoms with E-state index in [0.29, 0.717) is 4.34 Å². The maximum atomic E-state index is 5.81. The van der Waals surface area contributed by atoms with Crippen molar-refractivity contribution in [3.8, 4) is 0 Å². The quantitative estimate of drug-likeness (QED) is 0.861. The average molecular weight is 286 g/mol. The second-order valence-electron chi connectivity index (χ2n) is 3.74. The van der Waals surface area contributed by atoms with Crippen molar-refractivity contribution in [1.82, 2.24) is 14.9 Å². The second-order valence-corrected chi connectivity index (χ2v) is 6.58. The molecular formula is C11H12ClN3S2. The van der Waals surface area contributed by atoms with Crippen LogP contribution in [0.2, 0.25) is 4.34 Å². The van der Waals surface area contributed by atoms with E-state index in [1.165, 1.54) is 16.2 Å². The molecule has 0 fully saturated rings. The molecule has 6 heteroatoms. The number of rotatable bonds is 4. The van der Waals surface area contributed by atoms with E-state index in [2.05, 4.69) is 14.9 Å². The van der Waals surface area contributed by atoms with Gasteiger partial charge in [-0.2, -0.15) is 0 Å². The highest BCUT2D eigenvalue weighted by molar-refractivity contribution is 7.16. The molecule has 0 aliphatic heterocycles. The lowest BCUT2D eigenvalue weighted by Crippen LogP contribution is -2.09.